The van der Waals surface area contributed by atoms with Gasteiger partial charge in [-0.15, -0.1) is 0 Å². The second-order valence-electron chi connectivity index (χ2n) is 5.80. The summed E-state index contributed by atoms with van der Waals surface area (Å²) in [4.78, 5) is 29.3. The fourth-order valence-electron chi connectivity index (χ4n) is 3.16. The van der Waals surface area contributed by atoms with E-state index in [0.717, 1.165) is 31.4 Å². The second-order valence-corrected chi connectivity index (χ2v) is 5.80. The van der Waals surface area contributed by atoms with E-state index < -0.39 is 10.9 Å². The minimum atomic E-state index is -0.589. The fourth-order valence-corrected chi connectivity index (χ4v) is 3.16. The fraction of sp³-hybridized carbons (Fsp3) is 0.467. The highest BCUT2D eigenvalue weighted by molar-refractivity contribution is 5.91. The Labute approximate surface area is 127 Å². The summed E-state index contributed by atoms with van der Waals surface area (Å²) in [6.07, 6.45) is 3.99. The van der Waals surface area contributed by atoms with Crippen LogP contribution in [0.1, 0.15) is 36.0 Å². The van der Waals surface area contributed by atoms with E-state index in [-0.39, 0.29) is 11.3 Å². The summed E-state index contributed by atoms with van der Waals surface area (Å²) in [5, 5.41) is 14.6. The van der Waals surface area contributed by atoms with Crippen LogP contribution in [0.2, 0.25) is 0 Å². The normalized spacial score (nSPS) is 24.1. The molecule has 2 bridgehead atoms. The van der Waals surface area contributed by atoms with E-state index in [2.05, 4.69) is 17.1 Å². The van der Waals surface area contributed by atoms with Crippen LogP contribution in [0.15, 0.2) is 29.4 Å². The highest BCUT2D eigenvalue weighted by Crippen LogP contribution is 2.32. The Morgan fingerprint density at radius 1 is 1.27 bits per heavy atom. The molecule has 2 atom stereocenters. The van der Waals surface area contributed by atoms with Gasteiger partial charge in [0.15, 0.2) is 0 Å². The van der Waals surface area contributed by atoms with Crippen molar-refractivity contribution in [3.63, 3.8) is 0 Å². The molecule has 22 heavy (non-hydrogen) atoms. The lowest BCUT2D eigenvalue weighted by atomic mass is 10.0. The first-order valence-corrected chi connectivity index (χ1v) is 7.28. The molecule has 0 unspecified atom stereocenters. The number of nitro groups is 1. The first-order valence-electron chi connectivity index (χ1n) is 7.28. The van der Waals surface area contributed by atoms with Crippen molar-refractivity contribution >= 4 is 17.4 Å². The van der Waals surface area contributed by atoms with Gasteiger partial charge in [-0.2, -0.15) is 0 Å². The summed E-state index contributed by atoms with van der Waals surface area (Å²) in [5.74, 6) is -0.589. The van der Waals surface area contributed by atoms with Crippen molar-refractivity contribution in [2.75, 3.05) is 7.05 Å². The van der Waals surface area contributed by atoms with Crippen LogP contribution in [-0.4, -0.2) is 40.6 Å². The number of nitro benzene ring substituents is 1. The molecule has 0 radical (unpaired) electrons. The average Bonchev–Trinajstić information content (AvgIpc) is 2.75. The largest absolute Gasteiger partial charge is 0.365 e. The van der Waals surface area contributed by atoms with Crippen LogP contribution < -0.4 is 0 Å². The molecule has 2 aliphatic rings. The van der Waals surface area contributed by atoms with Gasteiger partial charge in [0.05, 0.1) is 16.2 Å². The molecule has 116 valence electrons. The number of piperidine rings is 1. The van der Waals surface area contributed by atoms with Gasteiger partial charge in [-0.1, -0.05) is 5.16 Å². The highest BCUT2D eigenvalue weighted by Gasteiger charge is 2.37. The van der Waals surface area contributed by atoms with Crippen LogP contribution in [0.5, 0.6) is 0 Å². The van der Waals surface area contributed by atoms with E-state index >= 15 is 0 Å². The molecule has 2 heterocycles. The first kappa shape index (κ1) is 14.6. The van der Waals surface area contributed by atoms with Gasteiger partial charge < -0.3 is 4.84 Å². The number of benzene rings is 1. The molecule has 7 nitrogen and oxygen atoms in total. The van der Waals surface area contributed by atoms with Crippen molar-refractivity contribution in [2.24, 2.45) is 5.16 Å². The second kappa shape index (κ2) is 5.84. The van der Waals surface area contributed by atoms with Gasteiger partial charge in [0.25, 0.3) is 5.69 Å². The topological polar surface area (TPSA) is 85.0 Å². The highest BCUT2D eigenvalue weighted by atomic mass is 16.7. The number of fused-ring (bicyclic) bond motifs is 2. The maximum Gasteiger partial charge on any atom is 0.365 e. The van der Waals surface area contributed by atoms with Gasteiger partial charge in [-0.25, -0.2) is 4.79 Å². The van der Waals surface area contributed by atoms with Gasteiger partial charge in [-0.3, -0.25) is 15.0 Å². The van der Waals surface area contributed by atoms with Crippen LogP contribution in [0.4, 0.5) is 5.69 Å². The number of nitrogens with zero attached hydrogens (tertiary/aromatic N) is 3. The predicted molar refractivity (Wildman–Crippen MR) is 79.8 cm³/mol. The zero-order valence-corrected chi connectivity index (χ0v) is 12.3. The van der Waals surface area contributed by atoms with E-state index in [9.17, 15) is 14.9 Å². The summed E-state index contributed by atoms with van der Waals surface area (Å²) < 4.78 is 0. The van der Waals surface area contributed by atoms with Crippen LogP contribution in [0, 0.1) is 10.1 Å². The summed E-state index contributed by atoms with van der Waals surface area (Å²) in [5.41, 5.74) is 1.11. The van der Waals surface area contributed by atoms with Crippen LogP contribution in [0.25, 0.3) is 0 Å². The molecule has 0 saturated carbocycles. The van der Waals surface area contributed by atoms with Gasteiger partial charge in [0.1, 0.15) is 0 Å². The number of carbonyl (C=O) groups excluding carboxylic acids is 1. The molecule has 2 saturated heterocycles. The van der Waals surface area contributed by atoms with Crippen LogP contribution in [0.3, 0.4) is 0 Å². The SMILES string of the molecule is CN1[C@@H]2CC[C@@H]1CC(=NOC(=O)c1ccc([N+](=O)[O-])cc1)C2. The summed E-state index contributed by atoms with van der Waals surface area (Å²) >= 11 is 0. The number of non-ortho nitro benzene ring substituents is 1. The monoisotopic (exact) mass is 303 g/mol. The van der Waals surface area contributed by atoms with Gasteiger partial charge in [-0.05, 0) is 32.0 Å². The Morgan fingerprint density at radius 3 is 2.41 bits per heavy atom. The number of hydrogen-bond donors (Lipinski definition) is 0. The van der Waals surface area contributed by atoms with E-state index in [1.807, 2.05) is 0 Å². The molecule has 0 aliphatic carbocycles. The third-order valence-corrected chi connectivity index (χ3v) is 4.50. The number of rotatable bonds is 3. The maximum atomic E-state index is 11.9. The first-order chi connectivity index (χ1) is 10.5. The third-order valence-electron chi connectivity index (χ3n) is 4.50. The van der Waals surface area contributed by atoms with Crippen molar-refractivity contribution in [1.29, 1.82) is 0 Å². The predicted octanol–water partition coefficient (Wildman–Crippen LogP) is 2.36. The molecular weight excluding hydrogens is 286 g/mol. The third kappa shape index (κ3) is 2.85. The van der Waals surface area contributed by atoms with E-state index in [1.165, 1.54) is 24.3 Å². The zero-order valence-electron chi connectivity index (χ0n) is 12.3. The molecule has 1 aromatic rings. The molecule has 0 N–H and O–H groups in total. The standard InChI is InChI=1S/C15H17N3O4/c1-17-13-6-7-14(17)9-11(8-13)16-22-15(19)10-2-4-12(5-3-10)18(20)21/h2-5,13-14H,6-9H2,1H3/t13-,14-/m1/s1. The molecule has 0 aromatic heterocycles. The smallest absolute Gasteiger partial charge is 0.313 e. The molecule has 1 aromatic carbocycles. The number of carbonyl (C=O) groups is 1. The lowest BCUT2D eigenvalue weighted by molar-refractivity contribution is -0.384. The van der Waals surface area contributed by atoms with Gasteiger partial charge in [0, 0.05) is 37.1 Å². The quantitative estimate of drug-likeness (QED) is 0.486. The van der Waals surface area contributed by atoms with E-state index in [1.54, 1.807) is 0 Å². The average molecular weight is 303 g/mol. The Kier molecular flexibility index (Phi) is 3.89. The molecule has 7 heteroatoms. The van der Waals surface area contributed by atoms with E-state index in [0.29, 0.717) is 12.1 Å². The minimum Gasteiger partial charge on any atom is -0.313 e. The van der Waals surface area contributed by atoms with Crippen molar-refractivity contribution in [1.82, 2.24) is 4.90 Å². The maximum absolute atomic E-state index is 11.9. The lowest BCUT2D eigenvalue weighted by Gasteiger charge is -2.31. The Hall–Kier alpha value is -2.28. The Bertz CT molecular complexity index is 610. The number of hydrogen-bond acceptors (Lipinski definition) is 6. The summed E-state index contributed by atoms with van der Waals surface area (Å²) in [6, 6.07) is 6.29. The lowest BCUT2D eigenvalue weighted by Crippen LogP contribution is -2.40. The zero-order chi connectivity index (χ0) is 15.7. The van der Waals surface area contributed by atoms with Crippen molar-refractivity contribution in [3.8, 4) is 0 Å². The molecular formula is C15H17N3O4. The molecule has 3 rings (SSSR count). The van der Waals surface area contributed by atoms with Crippen molar-refractivity contribution in [3.05, 3.63) is 39.9 Å². The van der Waals surface area contributed by atoms with Gasteiger partial charge >= 0.3 is 5.97 Å². The minimum absolute atomic E-state index is 0.0604. The summed E-state index contributed by atoms with van der Waals surface area (Å²) in [7, 11) is 2.13. The molecule has 2 fully saturated rings. The Morgan fingerprint density at radius 2 is 1.86 bits per heavy atom. The van der Waals surface area contributed by atoms with Crippen molar-refractivity contribution < 1.29 is 14.6 Å². The number of oxime groups is 1. The Balaban J connectivity index is 1.62. The van der Waals surface area contributed by atoms with Crippen LogP contribution >= 0.6 is 0 Å². The van der Waals surface area contributed by atoms with Gasteiger partial charge in [0.2, 0.25) is 0 Å². The summed E-state index contributed by atoms with van der Waals surface area (Å²) in [6.45, 7) is 0. The molecule has 0 spiro atoms. The van der Waals surface area contributed by atoms with Crippen molar-refractivity contribution in [2.45, 2.75) is 37.8 Å². The van der Waals surface area contributed by atoms with Crippen LogP contribution in [-0.2, 0) is 4.84 Å². The molecule has 2 aliphatic heterocycles. The van der Waals surface area contributed by atoms with E-state index in [4.69, 9.17) is 4.84 Å². The molecule has 0 amide bonds.